The zero-order valence-electron chi connectivity index (χ0n) is 12.8. The molecule has 6 heteroatoms. The highest BCUT2D eigenvalue weighted by atomic mass is 32.2. The van der Waals surface area contributed by atoms with Crippen molar-refractivity contribution >= 4 is 16.7 Å². The quantitative estimate of drug-likeness (QED) is 0.922. The first-order chi connectivity index (χ1) is 10.4. The van der Waals surface area contributed by atoms with Crippen LogP contribution in [0, 0.1) is 17.6 Å². The highest BCUT2D eigenvalue weighted by Crippen LogP contribution is 2.24. The van der Waals surface area contributed by atoms with Crippen LogP contribution < -0.4 is 5.32 Å². The van der Waals surface area contributed by atoms with Crippen LogP contribution in [0.3, 0.4) is 0 Å². The molecule has 1 saturated carbocycles. The van der Waals surface area contributed by atoms with Crippen LogP contribution in [0.2, 0.25) is 0 Å². The van der Waals surface area contributed by atoms with Crippen LogP contribution in [0.25, 0.3) is 0 Å². The summed E-state index contributed by atoms with van der Waals surface area (Å²) in [6.07, 6.45) is 3.92. The monoisotopic (exact) mass is 329 g/mol. The normalized spacial score (nSPS) is 24.5. The van der Waals surface area contributed by atoms with E-state index < -0.39 is 27.7 Å². The molecule has 0 aliphatic heterocycles. The zero-order chi connectivity index (χ0) is 16.3. The molecule has 0 bridgehead atoms. The Kier molecular flexibility index (Phi) is 5.67. The molecular weight excluding hydrogens is 308 g/mol. The fourth-order valence-electron chi connectivity index (χ4n) is 2.64. The second-order valence-electron chi connectivity index (χ2n) is 5.98. The number of carbonyl (C=O) groups is 1. The van der Waals surface area contributed by atoms with Crippen LogP contribution in [-0.2, 0) is 15.6 Å². The average Bonchev–Trinajstić information content (AvgIpc) is 2.50. The van der Waals surface area contributed by atoms with E-state index in [0.29, 0.717) is 5.92 Å². The topological polar surface area (TPSA) is 46.2 Å². The number of benzene rings is 1. The molecule has 1 aromatic carbocycles. The predicted octanol–water partition coefficient (Wildman–Crippen LogP) is 3.16. The summed E-state index contributed by atoms with van der Waals surface area (Å²) in [5.41, 5.74) is 0. The molecule has 1 amide bonds. The van der Waals surface area contributed by atoms with Gasteiger partial charge in [0.05, 0.1) is 15.7 Å². The van der Waals surface area contributed by atoms with E-state index in [2.05, 4.69) is 12.2 Å². The highest BCUT2D eigenvalue weighted by Gasteiger charge is 2.27. The maximum atomic E-state index is 13.7. The van der Waals surface area contributed by atoms with Gasteiger partial charge in [0.25, 0.3) is 0 Å². The van der Waals surface area contributed by atoms with Gasteiger partial charge in [0.1, 0.15) is 16.9 Å². The van der Waals surface area contributed by atoms with Gasteiger partial charge in [-0.2, -0.15) is 0 Å². The Morgan fingerprint density at radius 3 is 2.55 bits per heavy atom. The molecule has 2 unspecified atom stereocenters. The lowest BCUT2D eigenvalue weighted by Crippen LogP contribution is -2.43. The summed E-state index contributed by atoms with van der Waals surface area (Å²) in [6, 6.07) is 2.86. The van der Waals surface area contributed by atoms with Gasteiger partial charge in [-0.3, -0.25) is 9.00 Å². The van der Waals surface area contributed by atoms with Crippen LogP contribution in [0.1, 0.15) is 39.5 Å². The molecule has 0 aromatic heterocycles. The third kappa shape index (κ3) is 4.12. The summed E-state index contributed by atoms with van der Waals surface area (Å²) in [5, 5.41) is 1.96. The largest absolute Gasteiger partial charge is 0.352 e. The van der Waals surface area contributed by atoms with Crippen LogP contribution in [0.15, 0.2) is 23.1 Å². The molecule has 0 radical (unpaired) electrons. The predicted molar refractivity (Wildman–Crippen MR) is 81.8 cm³/mol. The molecule has 1 aliphatic carbocycles. The number of hydrogen-bond donors (Lipinski definition) is 1. The molecule has 2 rings (SSSR count). The van der Waals surface area contributed by atoms with Crippen molar-refractivity contribution in [2.45, 2.75) is 55.7 Å². The van der Waals surface area contributed by atoms with Crippen LogP contribution >= 0.6 is 0 Å². The third-order valence-corrected chi connectivity index (χ3v) is 5.77. The highest BCUT2D eigenvalue weighted by molar-refractivity contribution is 7.86. The Balaban J connectivity index is 2.00. The van der Waals surface area contributed by atoms with Crippen molar-refractivity contribution in [3.8, 4) is 0 Å². The van der Waals surface area contributed by atoms with Crippen molar-refractivity contribution in [2.75, 3.05) is 0 Å². The van der Waals surface area contributed by atoms with E-state index in [1.807, 2.05) is 0 Å². The minimum absolute atomic E-state index is 0.0838. The number of amides is 1. The maximum Gasteiger partial charge on any atom is 0.236 e. The van der Waals surface area contributed by atoms with Crippen molar-refractivity contribution in [3.05, 3.63) is 29.8 Å². The number of halogens is 2. The molecule has 22 heavy (non-hydrogen) atoms. The number of nitrogens with one attached hydrogen (secondary N) is 1. The van der Waals surface area contributed by atoms with Gasteiger partial charge >= 0.3 is 0 Å². The SMILES string of the molecule is CC1CCC(NC(=O)C(C)S(=O)c2cc(F)ccc2F)CC1. The summed E-state index contributed by atoms with van der Waals surface area (Å²) >= 11 is 0. The molecular formula is C16H21F2NO2S. The van der Waals surface area contributed by atoms with Gasteiger partial charge in [-0.25, -0.2) is 8.78 Å². The lowest BCUT2D eigenvalue weighted by molar-refractivity contribution is -0.121. The zero-order valence-corrected chi connectivity index (χ0v) is 13.6. The molecule has 1 aromatic rings. The minimum Gasteiger partial charge on any atom is -0.352 e. The van der Waals surface area contributed by atoms with Gasteiger partial charge in [-0.15, -0.1) is 0 Å². The Morgan fingerprint density at radius 1 is 1.27 bits per heavy atom. The summed E-state index contributed by atoms with van der Waals surface area (Å²) in [7, 11) is -1.92. The van der Waals surface area contributed by atoms with Crippen LogP contribution in [0.4, 0.5) is 8.78 Å². The van der Waals surface area contributed by atoms with Gasteiger partial charge in [0, 0.05) is 6.04 Å². The summed E-state index contributed by atoms with van der Waals surface area (Å²) in [5.74, 6) is -1.13. The molecule has 0 saturated heterocycles. The fourth-order valence-corrected chi connectivity index (χ4v) is 3.77. The fraction of sp³-hybridized carbons (Fsp3) is 0.562. The van der Waals surface area contributed by atoms with E-state index in [1.165, 1.54) is 6.92 Å². The first-order valence-electron chi connectivity index (χ1n) is 7.54. The maximum absolute atomic E-state index is 13.7. The van der Waals surface area contributed by atoms with E-state index in [9.17, 15) is 17.8 Å². The molecule has 122 valence electrons. The first-order valence-corrected chi connectivity index (χ1v) is 8.75. The lowest BCUT2D eigenvalue weighted by atomic mass is 9.87. The standard InChI is InChI=1S/C16H21F2NO2S/c1-10-3-6-13(7-4-10)19-16(20)11(2)22(21)15-9-12(17)5-8-14(15)18/h5,8-11,13H,3-4,6-7H2,1-2H3,(H,19,20). The second kappa shape index (κ2) is 7.31. The molecule has 3 nitrogen and oxygen atoms in total. The van der Waals surface area contributed by atoms with Crippen molar-refractivity contribution in [2.24, 2.45) is 5.92 Å². The van der Waals surface area contributed by atoms with E-state index in [-0.39, 0.29) is 16.8 Å². The van der Waals surface area contributed by atoms with Gasteiger partial charge in [-0.05, 0) is 56.7 Å². The van der Waals surface area contributed by atoms with Crippen LogP contribution in [0.5, 0.6) is 0 Å². The van der Waals surface area contributed by atoms with E-state index in [1.54, 1.807) is 0 Å². The van der Waals surface area contributed by atoms with Crippen molar-refractivity contribution in [1.29, 1.82) is 0 Å². The Bertz CT molecular complexity index is 571. The Morgan fingerprint density at radius 2 is 1.91 bits per heavy atom. The lowest BCUT2D eigenvalue weighted by Gasteiger charge is -2.27. The van der Waals surface area contributed by atoms with Gasteiger partial charge in [-0.1, -0.05) is 6.92 Å². The summed E-state index contributed by atoms with van der Waals surface area (Å²) in [6.45, 7) is 3.66. The molecule has 1 fully saturated rings. The van der Waals surface area contributed by atoms with E-state index in [0.717, 1.165) is 43.9 Å². The molecule has 1 aliphatic rings. The van der Waals surface area contributed by atoms with Crippen molar-refractivity contribution < 1.29 is 17.8 Å². The van der Waals surface area contributed by atoms with E-state index >= 15 is 0 Å². The Labute approximate surface area is 131 Å². The van der Waals surface area contributed by atoms with Gasteiger partial charge in [0.2, 0.25) is 5.91 Å². The number of rotatable bonds is 4. The second-order valence-corrected chi connectivity index (χ2v) is 7.72. The third-order valence-electron chi connectivity index (χ3n) is 4.16. The smallest absolute Gasteiger partial charge is 0.236 e. The van der Waals surface area contributed by atoms with Crippen LogP contribution in [-0.4, -0.2) is 21.4 Å². The van der Waals surface area contributed by atoms with E-state index in [4.69, 9.17) is 0 Å². The van der Waals surface area contributed by atoms with Crippen molar-refractivity contribution in [1.82, 2.24) is 5.32 Å². The summed E-state index contributed by atoms with van der Waals surface area (Å²) in [4.78, 5) is 11.9. The van der Waals surface area contributed by atoms with Crippen molar-refractivity contribution in [3.63, 3.8) is 0 Å². The van der Waals surface area contributed by atoms with Gasteiger partial charge < -0.3 is 5.32 Å². The number of carbonyl (C=O) groups excluding carboxylic acids is 1. The molecule has 2 atom stereocenters. The Hall–Kier alpha value is -1.30. The minimum atomic E-state index is -1.92. The molecule has 0 heterocycles. The average molecular weight is 329 g/mol. The first kappa shape index (κ1) is 17.1. The molecule has 1 N–H and O–H groups in total. The summed E-state index contributed by atoms with van der Waals surface area (Å²) < 4.78 is 39.1. The molecule has 0 spiro atoms. The van der Waals surface area contributed by atoms with Gasteiger partial charge in [0.15, 0.2) is 0 Å². The number of hydrogen-bond acceptors (Lipinski definition) is 2.